The van der Waals surface area contributed by atoms with E-state index in [0.717, 1.165) is 10.0 Å². The first-order valence-electron chi connectivity index (χ1n) is 6.49. The van der Waals surface area contributed by atoms with Gasteiger partial charge in [-0.1, -0.05) is 28.1 Å². The highest BCUT2D eigenvalue weighted by atomic mass is 79.9. The number of carbonyl (C=O) groups excluding carboxylic acids is 1. The quantitative estimate of drug-likeness (QED) is 0.871. The van der Waals surface area contributed by atoms with Crippen molar-refractivity contribution in [3.05, 3.63) is 58.3 Å². The van der Waals surface area contributed by atoms with Crippen molar-refractivity contribution in [2.75, 3.05) is 11.9 Å². The average Bonchev–Trinajstić information content (AvgIpc) is 2.43. The van der Waals surface area contributed by atoms with E-state index in [1.807, 2.05) is 31.2 Å². The van der Waals surface area contributed by atoms with E-state index < -0.39 is 0 Å². The molecule has 0 aliphatic carbocycles. The van der Waals surface area contributed by atoms with E-state index in [1.54, 1.807) is 6.07 Å². The number of anilines is 1. The Kier molecular flexibility index (Phi) is 5.33. The summed E-state index contributed by atoms with van der Waals surface area (Å²) in [6, 6.07) is 11.7. The first-order chi connectivity index (χ1) is 10.0. The molecule has 2 aromatic rings. The van der Waals surface area contributed by atoms with Crippen LogP contribution in [0.15, 0.2) is 46.9 Å². The fraction of sp³-hybridized carbons (Fsp3) is 0.188. The molecule has 0 heterocycles. The van der Waals surface area contributed by atoms with Gasteiger partial charge in [-0.05, 0) is 42.8 Å². The highest BCUT2D eigenvalue weighted by Gasteiger charge is 2.06. The second-order valence-electron chi connectivity index (χ2n) is 4.56. The van der Waals surface area contributed by atoms with Gasteiger partial charge < -0.3 is 10.1 Å². The summed E-state index contributed by atoms with van der Waals surface area (Å²) in [6.07, 6.45) is 0.197. The van der Waals surface area contributed by atoms with E-state index in [-0.39, 0.29) is 24.8 Å². The molecule has 5 heteroatoms. The fourth-order valence-electron chi connectivity index (χ4n) is 1.76. The number of carbonyl (C=O) groups is 1. The van der Waals surface area contributed by atoms with Gasteiger partial charge in [0.25, 0.3) is 0 Å². The molecule has 110 valence electrons. The molecule has 0 aliphatic rings. The summed E-state index contributed by atoms with van der Waals surface area (Å²) in [4.78, 5) is 11.8. The summed E-state index contributed by atoms with van der Waals surface area (Å²) >= 11 is 3.35. The second kappa shape index (κ2) is 7.22. The molecule has 0 fully saturated rings. The predicted molar refractivity (Wildman–Crippen MR) is 84.0 cm³/mol. The SMILES string of the molecule is Cc1ccc(F)cc1NC(=O)CCOc1cccc(Br)c1. The van der Waals surface area contributed by atoms with Crippen molar-refractivity contribution in [3.63, 3.8) is 0 Å². The van der Waals surface area contributed by atoms with Crippen molar-refractivity contribution >= 4 is 27.5 Å². The maximum Gasteiger partial charge on any atom is 0.227 e. The smallest absolute Gasteiger partial charge is 0.227 e. The molecule has 0 atom stereocenters. The molecule has 1 N–H and O–H groups in total. The van der Waals surface area contributed by atoms with Crippen LogP contribution in [0.3, 0.4) is 0 Å². The minimum atomic E-state index is -0.374. The van der Waals surface area contributed by atoms with E-state index in [4.69, 9.17) is 4.74 Å². The Morgan fingerprint density at radius 2 is 2.10 bits per heavy atom. The highest BCUT2D eigenvalue weighted by Crippen LogP contribution is 2.18. The molecule has 0 aromatic heterocycles. The van der Waals surface area contributed by atoms with Gasteiger partial charge in [-0.25, -0.2) is 4.39 Å². The highest BCUT2D eigenvalue weighted by molar-refractivity contribution is 9.10. The summed E-state index contributed by atoms with van der Waals surface area (Å²) in [5.74, 6) is 0.110. The predicted octanol–water partition coefficient (Wildman–Crippen LogP) is 4.30. The largest absolute Gasteiger partial charge is 0.493 e. The number of nitrogens with one attached hydrogen (secondary N) is 1. The molecule has 0 spiro atoms. The van der Waals surface area contributed by atoms with Crippen LogP contribution < -0.4 is 10.1 Å². The Morgan fingerprint density at radius 1 is 1.29 bits per heavy atom. The number of amides is 1. The normalized spacial score (nSPS) is 10.2. The minimum absolute atomic E-state index is 0.197. The van der Waals surface area contributed by atoms with Crippen molar-refractivity contribution in [1.82, 2.24) is 0 Å². The fourth-order valence-corrected chi connectivity index (χ4v) is 2.14. The third-order valence-corrected chi connectivity index (χ3v) is 3.36. The van der Waals surface area contributed by atoms with Crippen LogP contribution >= 0.6 is 15.9 Å². The molecule has 0 saturated carbocycles. The Labute approximate surface area is 131 Å². The summed E-state index contributed by atoms with van der Waals surface area (Å²) in [5, 5.41) is 2.68. The molecule has 0 saturated heterocycles. The summed E-state index contributed by atoms with van der Waals surface area (Å²) < 4.78 is 19.5. The zero-order valence-corrected chi connectivity index (χ0v) is 13.1. The third kappa shape index (κ3) is 4.86. The molecule has 0 bridgehead atoms. The molecule has 1 amide bonds. The molecule has 0 radical (unpaired) electrons. The molecule has 3 nitrogen and oxygen atoms in total. The maximum atomic E-state index is 13.1. The lowest BCUT2D eigenvalue weighted by Crippen LogP contribution is -2.16. The molecular weight excluding hydrogens is 337 g/mol. The van der Waals surface area contributed by atoms with Gasteiger partial charge >= 0.3 is 0 Å². The van der Waals surface area contributed by atoms with Gasteiger partial charge in [0.05, 0.1) is 13.0 Å². The van der Waals surface area contributed by atoms with Gasteiger partial charge in [-0.3, -0.25) is 4.79 Å². The van der Waals surface area contributed by atoms with Gasteiger partial charge in [-0.2, -0.15) is 0 Å². The van der Waals surface area contributed by atoms with Gasteiger partial charge in [0.15, 0.2) is 0 Å². The molecule has 2 aromatic carbocycles. The summed E-state index contributed by atoms with van der Waals surface area (Å²) in [5.41, 5.74) is 1.31. The van der Waals surface area contributed by atoms with Crippen LogP contribution in [0.5, 0.6) is 5.75 Å². The van der Waals surface area contributed by atoms with E-state index in [9.17, 15) is 9.18 Å². The molecular formula is C16H15BrFNO2. The van der Waals surface area contributed by atoms with E-state index in [2.05, 4.69) is 21.2 Å². The van der Waals surface area contributed by atoms with Gasteiger partial charge in [0, 0.05) is 10.2 Å². The van der Waals surface area contributed by atoms with Crippen molar-refractivity contribution < 1.29 is 13.9 Å². The van der Waals surface area contributed by atoms with Crippen LogP contribution in [-0.2, 0) is 4.79 Å². The zero-order chi connectivity index (χ0) is 15.2. The van der Waals surface area contributed by atoms with Crippen LogP contribution in [0.25, 0.3) is 0 Å². The van der Waals surface area contributed by atoms with E-state index >= 15 is 0 Å². The van der Waals surface area contributed by atoms with Crippen LogP contribution in [0.4, 0.5) is 10.1 Å². The first kappa shape index (κ1) is 15.5. The maximum absolute atomic E-state index is 13.1. The topological polar surface area (TPSA) is 38.3 Å². The van der Waals surface area contributed by atoms with Gasteiger partial charge in [0.2, 0.25) is 5.91 Å². The monoisotopic (exact) mass is 351 g/mol. The minimum Gasteiger partial charge on any atom is -0.493 e. The van der Waals surface area contributed by atoms with Crippen LogP contribution in [0.2, 0.25) is 0 Å². The third-order valence-electron chi connectivity index (χ3n) is 2.87. The standard InChI is InChI=1S/C16H15BrFNO2/c1-11-5-6-13(18)10-15(11)19-16(20)7-8-21-14-4-2-3-12(17)9-14/h2-6,9-10H,7-8H2,1H3,(H,19,20). The Hall–Kier alpha value is -1.88. The Balaban J connectivity index is 1.84. The van der Waals surface area contributed by atoms with Crippen LogP contribution in [-0.4, -0.2) is 12.5 Å². The zero-order valence-electron chi connectivity index (χ0n) is 11.5. The van der Waals surface area contributed by atoms with Crippen molar-refractivity contribution in [2.24, 2.45) is 0 Å². The lowest BCUT2D eigenvalue weighted by molar-refractivity contribution is -0.116. The average molecular weight is 352 g/mol. The van der Waals surface area contributed by atoms with Crippen molar-refractivity contribution in [2.45, 2.75) is 13.3 Å². The first-order valence-corrected chi connectivity index (χ1v) is 7.28. The van der Waals surface area contributed by atoms with Crippen LogP contribution in [0, 0.1) is 12.7 Å². The number of ether oxygens (including phenoxy) is 1. The number of hydrogen-bond donors (Lipinski definition) is 1. The number of aryl methyl sites for hydroxylation is 1. The van der Waals surface area contributed by atoms with Crippen molar-refractivity contribution in [3.8, 4) is 5.75 Å². The summed E-state index contributed by atoms with van der Waals surface area (Å²) in [7, 11) is 0. The van der Waals surface area contributed by atoms with Crippen molar-refractivity contribution in [1.29, 1.82) is 0 Å². The molecule has 0 unspecified atom stereocenters. The number of hydrogen-bond acceptors (Lipinski definition) is 2. The second-order valence-corrected chi connectivity index (χ2v) is 5.48. The summed E-state index contributed by atoms with van der Waals surface area (Å²) in [6.45, 7) is 2.07. The number of halogens is 2. The molecule has 21 heavy (non-hydrogen) atoms. The Bertz CT molecular complexity index is 646. The number of benzene rings is 2. The molecule has 2 rings (SSSR count). The molecule has 0 aliphatic heterocycles. The van der Waals surface area contributed by atoms with Gasteiger partial charge in [-0.15, -0.1) is 0 Å². The Morgan fingerprint density at radius 3 is 2.86 bits per heavy atom. The van der Waals surface area contributed by atoms with E-state index in [0.29, 0.717) is 11.4 Å². The van der Waals surface area contributed by atoms with E-state index in [1.165, 1.54) is 12.1 Å². The van der Waals surface area contributed by atoms with Gasteiger partial charge in [0.1, 0.15) is 11.6 Å². The lowest BCUT2D eigenvalue weighted by atomic mass is 10.2. The number of rotatable bonds is 5. The lowest BCUT2D eigenvalue weighted by Gasteiger charge is -2.09. The van der Waals surface area contributed by atoms with Crippen LogP contribution in [0.1, 0.15) is 12.0 Å².